The number of hydrogen-bond donors (Lipinski definition) is 2. The van der Waals surface area contributed by atoms with E-state index in [1.165, 1.54) is 34.2 Å². The lowest BCUT2D eigenvalue weighted by atomic mass is 10.1. The van der Waals surface area contributed by atoms with Gasteiger partial charge in [-0.15, -0.1) is 0 Å². The van der Waals surface area contributed by atoms with E-state index in [2.05, 4.69) is 18.6 Å². The molecule has 2 bridgehead atoms. The molecule has 1 aromatic carbocycles. The Kier molecular flexibility index (Phi) is 5.03. The lowest BCUT2D eigenvalue weighted by Gasteiger charge is -2.27. The van der Waals surface area contributed by atoms with Gasteiger partial charge in [0, 0.05) is 19.3 Å². The van der Waals surface area contributed by atoms with Crippen LogP contribution in [0, 0.1) is 0 Å². The van der Waals surface area contributed by atoms with E-state index in [4.69, 9.17) is 19.0 Å². The van der Waals surface area contributed by atoms with Gasteiger partial charge in [-0.05, 0) is 18.2 Å². The zero-order valence-electron chi connectivity index (χ0n) is 15.0. The maximum absolute atomic E-state index is 12.4. The average molecular weight is 349 g/mol. The first kappa shape index (κ1) is 17.4. The minimum absolute atomic E-state index is 0.323. The van der Waals surface area contributed by atoms with Gasteiger partial charge in [-0.3, -0.25) is 0 Å². The van der Waals surface area contributed by atoms with Crippen molar-refractivity contribution in [3.05, 3.63) is 29.5 Å². The zero-order chi connectivity index (χ0) is 18.0. The quantitative estimate of drug-likeness (QED) is 0.737. The van der Waals surface area contributed by atoms with Crippen molar-refractivity contribution in [1.29, 1.82) is 0 Å². The highest BCUT2D eigenvalue weighted by molar-refractivity contribution is 5.91. The summed E-state index contributed by atoms with van der Waals surface area (Å²) >= 11 is 0. The largest absolute Gasteiger partial charge is 0.493 e. The lowest BCUT2D eigenvalue weighted by Crippen LogP contribution is -3.14. The molecule has 1 fully saturated rings. The van der Waals surface area contributed by atoms with Crippen LogP contribution in [-0.2, 0) is 4.84 Å². The van der Waals surface area contributed by atoms with Crippen LogP contribution in [0.4, 0.5) is 0 Å². The zero-order valence-corrected chi connectivity index (χ0v) is 15.0. The Morgan fingerprint density at radius 2 is 1.80 bits per heavy atom. The van der Waals surface area contributed by atoms with E-state index in [1.807, 2.05) is 0 Å². The number of benzene rings is 1. The number of fused-ring (bicyclic) bond motifs is 2. The molecule has 3 rings (SSSR count). The van der Waals surface area contributed by atoms with E-state index >= 15 is 0 Å². The summed E-state index contributed by atoms with van der Waals surface area (Å²) in [6, 6.07) is 4.24. The number of quaternary nitrogens is 1. The van der Waals surface area contributed by atoms with Crippen LogP contribution >= 0.6 is 0 Å². The van der Waals surface area contributed by atoms with Gasteiger partial charge in [-0.1, -0.05) is 0 Å². The van der Waals surface area contributed by atoms with E-state index in [0.29, 0.717) is 34.9 Å². The third kappa shape index (κ3) is 3.37. The molecule has 2 aliphatic heterocycles. The van der Waals surface area contributed by atoms with E-state index < -0.39 is 5.97 Å². The molecular weight excluding hydrogens is 324 g/mol. The number of hydroxylamine groups is 1. The molecule has 25 heavy (non-hydrogen) atoms. The Hall–Kier alpha value is -2.41. The van der Waals surface area contributed by atoms with Gasteiger partial charge >= 0.3 is 5.97 Å². The molecule has 2 N–H and O–H groups in total. The van der Waals surface area contributed by atoms with Crippen LogP contribution in [0.1, 0.15) is 29.6 Å². The summed E-state index contributed by atoms with van der Waals surface area (Å²) in [6.07, 6.45) is 5.45. The molecule has 0 radical (unpaired) electrons. The Bertz CT molecular complexity index is 663. The Labute approximate surface area is 147 Å². The van der Waals surface area contributed by atoms with Gasteiger partial charge in [0.05, 0.1) is 45.7 Å². The lowest BCUT2D eigenvalue weighted by molar-refractivity contribution is -0.911. The second kappa shape index (κ2) is 7.23. The van der Waals surface area contributed by atoms with Gasteiger partial charge in [-0.25, -0.2) is 10.3 Å². The van der Waals surface area contributed by atoms with Gasteiger partial charge in [0.15, 0.2) is 11.5 Å². The number of nitrogens with one attached hydrogen (secondary N) is 2. The number of carbonyl (C=O) groups is 1. The molecule has 7 heteroatoms. The summed E-state index contributed by atoms with van der Waals surface area (Å²) < 4.78 is 15.8. The molecule has 2 heterocycles. The average Bonchev–Trinajstić information content (AvgIpc) is 2.85. The first-order valence-corrected chi connectivity index (χ1v) is 8.38. The van der Waals surface area contributed by atoms with Crippen LogP contribution in [0.3, 0.4) is 0 Å². The Morgan fingerprint density at radius 1 is 1.12 bits per heavy atom. The standard InChI is InChI=1S/C18H24N2O5/c1-20-13-5-6-14(20)10-12(9-13)19-25-18(21)11-7-15(22-2)17(24-4)16(8-11)23-3/h7-9,13-14,19H,5-6,10H2,1-4H3/p+1. The van der Waals surface area contributed by atoms with Crippen molar-refractivity contribution in [2.24, 2.45) is 0 Å². The molecule has 3 unspecified atom stereocenters. The van der Waals surface area contributed by atoms with E-state index in [0.717, 1.165) is 12.1 Å². The number of ether oxygens (including phenoxy) is 3. The summed E-state index contributed by atoms with van der Waals surface area (Å²) in [5.74, 6) is 0.758. The van der Waals surface area contributed by atoms with E-state index in [9.17, 15) is 4.79 Å². The fourth-order valence-electron chi connectivity index (χ4n) is 3.64. The molecule has 0 aliphatic carbocycles. The van der Waals surface area contributed by atoms with Crippen LogP contribution in [-0.4, -0.2) is 46.4 Å². The van der Waals surface area contributed by atoms with Crippen molar-refractivity contribution in [2.45, 2.75) is 31.3 Å². The molecule has 7 nitrogen and oxygen atoms in total. The molecule has 0 aromatic heterocycles. The predicted octanol–water partition coefficient (Wildman–Crippen LogP) is 0.707. The van der Waals surface area contributed by atoms with Crippen LogP contribution in [0.15, 0.2) is 23.9 Å². The van der Waals surface area contributed by atoms with Gasteiger partial charge in [0.25, 0.3) is 0 Å². The molecule has 0 spiro atoms. The van der Waals surface area contributed by atoms with Gasteiger partial charge in [0.1, 0.15) is 6.04 Å². The number of likely N-dealkylation sites (N-methyl/N-ethyl adjacent to an activating group) is 1. The molecule has 1 aromatic rings. The Balaban J connectivity index is 1.70. The van der Waals surface area contributed by atoms with Gasteiger partial charge in [-0.2, -0.15) is 0 Å². The van der Waals surface area contributed by atoms with Gasteiger partial charge in [0.2, 0.25) is 5.75 Å². The summed E-state index contributed by atoms with van der Waals surface area (Å²) in [5, 5.41) is 0. The van der Waals surface area contributed by atoms with Gasteiger partial charge < -0.3 is 23.9 Å². The minimum atomic E-state index is -0.501. The molecule has 136 valence electrons. The summed E-state index contributed by atoms with van der Waals surface area (Å²) in [4.78, 5) is 19.2. The fraction of sp³-hybridized carbons (Fsp3) is 0.500. The summed E-state index contributed by atoms with van der Waals surface area (Å²) in [7, 11) is 6.75. The maximum atomic E-state index is 12.4. The molecule has 2 aliphatic rings. The smallest absolute Gasteiger partial charge is 0.363 e. The van der Waals surface area contributed by atoms with Crippen LogP contribution in [0.2, 0.25) is 0 Å². The van der Waals surface area contributed by atoms with Crippen molar-refractivity contribution in [1.82, 2.24) is 5.48 Å². The highest BCUT2D eigenvalue weighted by Crippen LogP contribution is 2.38. The molecule has 1 saturated heterocycles. The predicted molar refractivity (Wildman–Crippen MR) is 91.0 cm³/mol. The van der Waals surface area contributed by atoms with Crippen LogP contribution in [0.5, 0.6) is 17.2 Å². The van der Waals surface area contributed by atoms with Crippen LogP contribution < -0.4 is 24.6 Å². The third-order valence-corrected chi connectivity index (χ3v) is 5.10. The molecule has 3 atom stereocenters. The van der Waals surface area contributed by atoms with E-state index in [1.54, 1.807) is 17.0 Å². The summed E-state index contributed by atoms with van der Waals surface area (Å²) in [6.45, 7) is 0. The first-order valence-electron chi connectivity index (χ1n) is 8.38. The minimum Gasteiger partial charge on any atom is -0.493 e. The molecule has 0 saturated carbocycles. The highest BCUT2D eigenvalue weighted by Gasteiger charge is 2.38. The Morgan fingerprint density at radius 3 is 2.36 bits per heavy atom. The van der Waals surface area contributed by atoms with E-state index in [-0.39, 0.29) is 0 Å². The van der Waals surface area contributed by atoms with Crippen molar-refractivity contribution in [3.8, 4) is 17.2 Å². The normalized spacial score (nSPS) is 24.3. The monoisotopic (exact) mass is 349 g/mol. The third-order valence-electron chi connectivity index (χ3n) is 5.10. The van der Waals surface area contributed by atoms with Crippen molar-refractivity contribution >= 4 is 5.97 Å². The number of hydrogen-bond acceptors (Lipinski definition) is 6. The maximum Gasteiger partial charge on any atom is 0.363 e. The number of rotatable bonds is 6. The molecular formula is C18H25N2O5+. The second-order valence-electron chi connectivity index (χ2n) is 6.43. The number of carbonyl (C=O) groups excluding carboxylic acids is 1. The SMILES string of the molecule is COc1cc(C(=O)ONC2=CC3CCC(C2)[NH+]3C)cc(OC)c1OC. The van der Waals surface area contributed by atoms with Crippen molar-refractivity contribution < 1.29 is 28.7 Å². The second-order valence-corrected chi connectivity index (χ2v) is 6.43. The number of methoxy groups -OCH3 is 3. The summed E-state index contributed by atoms with van der Waals surface area (Å²) in [5.41, 5.74) is 4.12. The fourth-order valence-corrected chi connectivity index (χ4v) is 3.64. The first-order chi connectivity index (χ1) is 12.1. The van der Waals surface area contributed by atoms with Crippen molar-refractivity contribution in [3.63, 3.8) is 0 Å². The topological polar surface area (TPSA) is 70.5 Å². The molecule has 0 amide bonds. The van der Waals surface area contributed by atoms with Crippen LogP contribution in [0.25, 0.3) is 0 Å². The highest BCUT2D eigenvalue weighted by atomic mass is 16.7. The van der Waals surface area contributed by atoms with Crippen molar-refractivity contribution in [2.75, 3.05) is 28.4 Å².